The second-order valence-electron chi connectivity index (χ2n) is 6.45. The van der Waals surface area contributed by atoms with Gasteiger partial charge in [0.1, 0.15) is 18.1 Å². The highest BCUT2D eigenvalue weighted by Gasteiger charge is 2.27. The molecule has 1 N–H and O–H groups in total. The fourth-order valence-corrected chi connectivity index (χ4v) is 4.41. The van der Waals surface area contributed by atoms with Gasteiger partial charge in [-0.1, -0.05) is 35.9 Å². The standard InChI is InChI=1S/C22H19ClFN3O4S/c1-31-17-12-10-16(11-13-17)27(32(29,30)18-6-3-2-4-7-18)15-22(28)26-25-14-19-20(23)8-5-9-21(19)24/h2-14H,15H2,1H3,(H,26,28)/b25-14-. The van der Waals surface area contributed by atoms with Crippen LogP contribution in [0.5, 0.6) is 5.75 Å². The first-order valence-electron chi connectivity index (χ1n) is 9.30. The highest BCUT2D eigenvalue weighted by Crippen LogP contribution is 2.25. The van der Waals surface area contributed by atoms with Crippen molar-refractivity contribution < 1.29 is 22.3 Å². The van der Waals surface area contributed by atoms with E-state index >= 15 is 0 Å². The molecule has 0 heterocycles. The molecule has 166 valence electrons. The predicted octanol–water partition coefficient (Wildman–Crippen LogP) is 3.83. The van der Waals surface area contributed by atoms with Gasteiger partial charge >= 0.3 is 0 Å². The molecule has 0 aliphatic carbocycles. The Bertz CT molecular complexity index is 1200. The predicted molar refractivity (Wildman–Crippen MR) is 121 cm³/mol. The number of benzene rings is 3. The Kier molecular flexibility index (Phi) is 7.45. The van der Waals surface area contributed by atoms with E-state index in [-0.39, 0.29) is 21.2 Å². The Morgan fingerprint density at radius 2 is 1.78 bits per heavy atom. The Labute approximate surface area is 190 Å². The molecule has 3 aromatic rings. The number of hydrogen-bond acceptors (Lipinski definition) is 5. The third-order valence-corrected chi connectivity index (χ3v) is 6.48. The number of carbonyl (C=O) groups excluding carboxylic acids is 1. The number of halogens is 2. The summed E-state index contributed by atoms with van der Waals surface area (Å²) in [5.74, 6) is -0.812. The lowest BCUT2D eigenvalue weighted by molar-refractivity contribution is -0.119. The molecule has 0 saturated heterocycles. The third-order valence-electron chi connectivity index (χ3n) is 4.36. The third kappa shape index (κ3) is 5.43. The number of ether oxygens (including phenoxy) is 1. The molecule has 0 bridgehead atoms. The van der Waals surface area contributed by atoms with Crippen molar-refractivity contribution in [1.82, 2.24) is 5.43 Å². The van der Waals surface area contributed by atoms with Gasteiger partial charge in [0.05, 0.1) is 28.9 Å². The zero-order chi connectivity index (χ0) is 23.1. The van der Waals surface area contributed by atoms with Crippen LogP contribution in [0.3, 0.4) is 0 Å². The van der Waals surface area contributed by atoms with Crippen molar-refractivity contribution in [2.75, 3.05) is 18.0 Å². The molecular formula is C22H19ClFN3O4S. The van der Waals surface area contributed by atoms with E-state index in [9.17, 15) is 17.6 Å². The lowest BCUT2D eigenvalue weighted by Crippen LogP contribution is -2.39. The maximum absolute atomic E-state index is 13.8. The van der Waals surface area contributed by atoms with E-state index in [4.69, 9.17) is 16.3 Å². The Morgan fingerprint density at radius 1 is 1.09 bits per heavy atom. The van der Waals surface area contributed by atoms with Crippen LogP contribution in [0.1, 0.15) is 5.56 Å². The normalized spacial score (nSPS) is 11.3. The Balaban J connectivity index is 1.85. The summed E-state index contributed by atoms with van der Waals surface area (Å²) < 4.78 is 46.3. The van der Waals surface area contributed by atoms with E-state index in [1.807, 2.05) is 0 Å². The fraction of sp³-hybridized carbons (Fsp3) is 0.0909. The van der Waals surface area contributed by atoms with Gasteiger partial charge in [0, 0.05) is 5.56 Å². The molecule has 7 nitrogen and oxygen atoms in total. The zero-order valence-electron chi connectivity index (χ0n) is 16.9. The Morgan fingerprint density at radius 3 is 2.41 bits per heavy atom. The molecule has 0 unspecified atom stereocenters. The van der Waals surface area contributed by atoms with Crippen molar-refractivity contribution in [2.45, 2.75) is 4.90 Å². The van der Waals surface area contributed by atoms with Crippen LogP contribution >= 0.6 is 11.6 Å². The molecule has 10 heteroatoms. The number of nitrogens with one attached hydrogen (secondary N) is 1. The molecular weight excluding hydrogens is 457 g/mol. The number of methoxy groups -OCH3 is 1. The maximum Gasteiger partial charge on any atom is 0.264 e. The molecule has 32 heavy (non-hydrogen) atoms. The molecule has 0 fully saturated rings. The van der Waals surface area contributed by atoms with E-state index in [0.29, 0.717) is 5.75 Å². The second kappa shape index (κ2) is 10.3. The van der Waals surface area contributed by atoms with Gasteiger partial charge in [-0.2, -0.15) is 5.10 Å². The molecule has 3 aromatic carbocycles. The molecule has 0 aliphatic rings. The summed E-state index contributed by atoms with van der Waals surface area (Å²) in [5.41, 5.74) is 2.46. The minimum atomic E-state index is -4.06. The highest BCUT2D eigenvalue weighted by molar-refractivity contribution is 7.92. The van der Waals surface area contributed by atoms with E-state index < -0.39 is 28.3 Å². The molecule has 0 aliphatic heterocycles. The van der Waals surface area contributed by atoms with Crippen LogP contribution in [0.25, 0.3) is 0 Å². The fourth-order valence-electron chi connectivity index (χ4n) is 2.75. The first-order chi connectivity index (χ1) is 15.3. The van der Waals surface area contributed by atoms with Crippen LogP contribution in [0.15, 0.2) is 82.8 Å². The lowest BCUT2D eigenvalue weighted by atomic mass is 10.2. The summed E-state index contributed by atoms with van der Waals surface area (Å²) in [6, 6.07) is 18.1. The highest BCUT2D eigenvalue weighted by atomic mass is 35.5. The average Bonchev–Trinajstić information content (AvgIpc) is 2.80. The summed E-state index contributed by atoms with van der Waals surface area (Å²) in [4.78, 5) is 12.5. The van der Waals surface area contributed by atoms with Gasteiger partial charge in [-0.25, -0.2) is 18.2 Å². The van der Waals surface area contributed by atoms with E-state index in [1.54, 1.807) is 30.3 Å². The molecule has 0 atom stereocenters. The van der Waals surface area contributed by atoms with Gasteiger partial charge in [0.25, 0.3) is 15.9 Å². The van der Waals surface area contributed by atoms with Crippen LogP contribution in [0.2, 0.25) is 5.02 Å². The van der Waals surface area contributed by atoms with E-state index in [2.05, 4.69) is 10.5 Å². The van der Waals surface area contributed by atoms with E-state index in [0.717, 1.165) is 10.5 Å². The number of sulfonamides is 1. The van der Waals surface area contributed by atoms with Gasteiger partial charge in [-0.3, -0.25) is 9.10 Å². The summed E-state index contributed by atoms with van der Waals surface area (Å²) in [6.07, 6.45) is 1.05. The molecule has 0 aromatic heterocycles. The van der Waals surface area contributed by atoms with E-state index in [1.165, 1.54) is 49.6 Å². The number of hydrazone groups is 1. The van der Waals surface area contributed by atoms with Gasteiger partial charge in [-0.15, -0.1) is 0 Å². The summed E-state index contributed by atoms with van der Waals surface area (Å²) in [6.45, 7) is -0.564. The number of amides is 1. The van der Waals surface area contributed by atoms with Crippen molar-refractivity contribution >= 4 is 39.4 Å². The van der Waals surface area contributed by atoms with Gasteiger partial charge in [0.2, 0.25) is 0 Å². The minimum Gasteiger partial charge on any atom is -0.497 e. The first kappa shape index (κ1) is 23.2. The van der Waals surface area contributed by atoms with Gasteiger partial charge < -0.3 is 4.74 Å². The summed E-state index contributed by atoms with van der Waals surface area (Å²) in [5, 5.41) is 3.82. The number of anilines is 1. The summed E-state index contributed by atoms with van der Waals surface area (Å²) >= 11 is 5.92. The van der Waals surface area contributed by atoms with Crippen LogP contribution < -0.4 is 14.5 Å². The van der Waals surface area contributed by atoms with Crippen LogP contribution in [0, 0.1) is 5.82 Å². The monoisotopic (exact) mass is 475 g/mol. The van der Waals surface area contributed by atoms with Crippen LogP contribution in [-0.4, -0.2) is 34.2 Å². The maximum atomic E-state index is 13.8. The quantitative estimate of drug-likeness (QED) is 0.396. The van der Waals surface area contributed by atoms with Crippen molar-refractivity contribution in [2.24, 2.45) is 5.10 Å². The largest absolute Gasteiger partial charge is 0.497 e. The molecule has 0 spiro atoms. The van der Waals surface area contributed by atoms with Crippen molar-refractivity contribution in [1.29, 1.82) is 0 Å². The van der Waals surface area contributed by atoms with Crippen molar-refractivity contribution in [3.8, 4) is 5.75 Å². The van der Waals surface area contributed by atoms with Crippen LogP contribution in [0.4, 0.5) is 10.1 Å². The number of rotatable bonds is 8. The second-order valence-corrected chi connectivity index (χ2v) is 8.72. The molecule has 0 radical (unpaired) electrons. The molecule has 1 amide bonds. The Hall–Kier alpha value is -3.43. The van der Waals surface area contributed by atoms with Gasteiger partial charge in [-0.05, 0) is 48.5 Å². The van der Waals surface area contributed by atoms with Crippen molar-refractivity contribution in [3.63, 3.8) is 0 Å². The zero-order valence-corrected chi connectivity index (χ0v) is 18.5. The smallest absolute Gasteiger partial charge is 0.264 e. The van der Waals surface area contributed by atoms with Crippen LogP contribution in [-0.2, 0) is 14.8 Å². The van der Waals surface area contributed by atoms with Gasteiger partial charge in [0.15, 0.2) is 0 Å². The number of hydrogen-bond donors (Lipinski definition) is 1. The molecule has 3 rings (SSSR count). The van der Waals surface area contributed by atoms with Crippen molar-refractivity contribution in [3.05, 3.63) is 89.2 Å². The number of nitrogens with zero attached hydrogens (tertiary/aromatic N) is 2. The SMILES string of the molecule is COc1ccc(N(CC(=O)N/N=C\c2c(F)cccc2Cl)S(=O)(=O)c2ccccc2)cc1. The lowest BCUT2D eigenvalue weighted by Gasteiger charge is -2.23. The topological polar surface area (TPSA) is 88.1 Å². The minimum absolute atomic E-state index is 0.00150. The molecule has 0 saturated carbocycles. The first-order valence-corrected chi connectivity index (χ1v) is 11.1. The summed E-state index contributed by atoms with van der Waals surface area (Å²) in [7, 11) is -2.57. The average molecular weight is 476 g/mol. The number of carbonyl (C=O) groups is 1.